The van der Waals surface area contributed by atoms with Crippen LogP contribution in [-0.2, 0) is 24.3 Å². The number of allylic oxidation sites excluding steroid dienone is 2. The lowest BCUT2D eigenvalue weighted by atomic mass is 9.75. The molecule has 4 rings (SSSR count). The topological polar surface area (TPSA) is 176 Å². The van der Waals surface area contributed by atoms with Gasteiger partial charge in [0.2, 0.25) is 10.0 Å². The van der Waals surface area contributed by atoms with E-state index < -0.39 is 26.8 Å². The van der Waals surface area contributed by atoms with Gasteiger partial charge in [-0.05, 0) is 42.7 Å². The lowest BCUT2D eigenvalue weighted by Crippen LogP contribution is -2.40. The molecule has 0 saturated carbocycles. The number of nitrogens with zero attached hydrogens (tertiary/aromatic N) is 2. The summed E-state index contributed by atoms with van der Waals surface area (Å²) < 4.78 is 28.3. The van der Waals surface area contributed by atoms with Crippen molar-refractivity contribution in [2.45, 2.75) is 30.1 Å². The van der Waals surface area contributed by atoms with Gasteiger partial charge < -0.3 is 10.5 Å². The zero-order valence-corrected chi connectivity index (χ0v) is 19.4. The molecule has 2 aromatic carbocycles. The van der Waals surface area contributed by atoms with Crippen molar-refractivity contribution in [1.82, 2.24) is 0 Å². The molecule has 1 aliphatic carbocycles. The molecule has 0 unspecified atom stereocenters. The van der Waals surface area contributed by atoms with Gasteiger partial charge in [0, 0.05) is 35.5 Å². The van der Waals surface area contributed by atoms with Gasteiger partial charge >= 0.3 is 5.97 Å². The number of nitro benzene ring substituents is 1. The first-order chi connectivity index (χ1) is 16.5. The van der Waals surface area contributed by atoms with E-state index in [-0.39, 0.29) is 34.2 Å². The third-order valence-electron chi connectivity index (χ3n) is 6.06. The molecule has 0 amide bonds. The van der Waals surface area contributed by atoms with Crippen LogP contribution in [0.15, 0.2) is 76.1 Å². The van der Waals surface area contributed by atoms with Crippen LogP contribution in [0.4, 0.5) is 11.4 Å². The standard InChI is InChI=1S/C23H22N4O7S/c1-34-23(29)21-19(13-5-7-15(8-6-13)27(30)31)20-17(3-2-4-18(20)28)26(22(21)24)14-9-11-16(12-10-14)35(25,32)33/h5-12,19H,2-4,24H2,1H3,(H2,25,32,33)/t19-/m0/s1. The molecular weight excluding hydrogens is 476 g/mol. The van der Waals surface area contributed by atoms with E-state index in [1.807, 2.05) is 0 Å². The van der Waals surface area contributed by atoms with Crippen molar-refractivity contribution in [3.05, 3.63) is 86.9 Å². The zero-order chi connectivity index (χ0) is 25.5. The summed E-state index contributed by atoms with van der Waals surface area (Å²) in [6.07, 6.45) is 1.28. The number of ketones is 1. The number of nitrogens with two attached hydrogens (primary N) is 2. The first-order valence-corrected chi connectivity index (χ1v) is 12.1. The molecule has 0 radical (unpaired) electrons. The van der Waals surface area contributed by atoms with E-state index in [1.165, 1.54) is 55.6 Å². The van der Waals surface area contributed by atoms with Gasteiger partial charge in [0.1, 0.15) is 5.82 Å². The number of anilines is 1. The Bertz CT molecular complexity index is 1390. The molecule has 0 spiro atoms. The third kappa shape index (κ3) is 4.29. The molecule has 35 heavy (non-hydrogen) atoms. The normalized spacial score (nSPS) is 18.4. The Morgan fingerprint density at radius 1 is 1.11 bits per heavy atom. The van der Waals surface area contributed by atoms with Gasteiger partial charge in [-0.1, -0.05) is 12.1 Å². The molecule has 1 atom stereocenters. The lowest BCUT2D eigenvalue weighted by Gasteiger charge is -2.40. The number of Topliss-reactive ketones (excluding diaryl/α,β-unsaturated/α-hetero) is 1. The smallest absolute Gasteiger partial charge is 0.338 e. The van der Waals surface area contributed by atoms with Crippen LogP contribution < -0.4 is 15.8 Å². The summed E-state index contributed by atoms with van der Waals surface area (Å²) in [6, 6.07) is 11.2. The van der Waals surface area contributed by atoms with E-state index in [4.69, 9.17) is 15.6 Å². The fourth-order valence-electron chi connectivity index (χ4n) is 4.50. The number of primary sulfonamides is 1. The Morgan fingerprint density at radius 2 is 1.74 bits per heavy atom. The molecule has 4 N–H and O–H groups in total. The van der Waals surface area contributed by atoms with Crippen molar-refractivity contribution in [2.75, 3.05) is 12.0 Å². The summed E-state index contributed by atoms with van der Waals surface area (Å²) in [6.45, 7) is 0. The van der Waals surface area contributed by atoms with Gasteiger partial charge in [0.15, 0.2) is 5.78 Å². The molecule has 0 fully saturated rings. The van der Waals surface area contributed by atoms with Crippen molar-refractivity contribution in [2.24, 2.45) is 10.9 Å². The quantitative estimate of drug-likeness (QED) is 0.355. The minimum atomic E-state index is -3.93. The number of carbonyl (C=O) groups is 2. The lowest BCUT2D eigenvalue weighted by molar-refractivity contribution is -0.384. The van der Waals surface area contributed by atoms with Gasteiger partial charge in [0.05, 0.1) is 28.4 Å². The van der Waals surface area contributed by atoms with Gasteiger partial charge in [-0.2, -0.15) is 0 Å². The van der Waals surface area contributed by atoms with Crippen LogP contribution in [0.1, 0.15) is 30.7 Å². The second-order valence-corrected chi connectivity index (χ2v) is 9.64. The second-order valence-electron chi connectivity index (χ2n) is 8.08. The fourth-order valence-corrected chi connectivity index (χ4v) is 5.01. The molecule has 1 heterocycles. The van der Waals surface area contributed by atoms with Crippen molar-refractivity contribution >= 4 is 33.2 Å². The number of methoxy groups -OCH3 is 1. The highest BCUT2D eigenvalue weighted by atomic mass is 32.2. The van der Waals surface area contributed by atoms with Crippen LogP contribution in [0, 0.1) is 10.1 Å². The minimum absolute atomic E-state index is 0.00544. The number of benzene rings is 2. The number of esters is 1. The summed E-state index contributed by atoms with van der Waals surface area (Å²) in [5.41, 5.74) is 8.21. The second kappa shape index (κ2) is 8.96. The Balaban J connectivity index is 1.94. The summed E-state index contributed by atoms with van der Waals surface area (Å²) in [7, 11) is -2.74. The van der Waals surface area contributed by atoms with Gasteiger partial charge in [-0.25, -0.2) is 18.4 Å². The van der Waals surface area contributed by atoms with Gasteiger partial charge in [0.25, 0.3) is 5.69 Å². The van der Waals surface area contributed by atoms with Crippen LogP contribution in [0.3, 0.4) is 0 Å². The number of rotatable bonds is 5. The van der Waals surface area contributed by atoms with E-state index in [0.717, 1.165) is 0 Å². The highest BCUT2D eigenvalue weighted by Gasteiger charge is 2.43. The van der Waals surface area contributed by atoms with Crippen LogP contribution in [0.2, 0.25) is 0 Å². The van der Waals surface area contributed by atoms with Crippen LogP contribution in [0.25, 0.3) is 0 Å². The maximum Gasteiger partial charge on any atom is 0.338 e. The Kier molecular flexibility index (Phi) is 6.17. The number of hydrogen-bond acceptors (Lipinski definition) is 9. The average Bonchev–Trinajstić information content (AvgIpc) is 2.82. The van der Waals surface area contributed by atoms with Crippen molar-refractivity contribution in [3.63, 3.8) is 0 Å². The summed E-state index contributed by atoms with van der Waals surface area (Å²) >= 11 is 0. The van der Waals surface area contributed by atoms with Crippen LogP contribution in [-0.4, -0.2) is 32.2 Å². The van der Waals surface area contributed by atoms with Crippen LogP contribution >= 0.6 is 0 Å². The van der Waals surface area contributed by atoms with Crippen molar-refractivity contribution < 1.29 is 27.7 Å². The maximum absolute atomic E-state index is 13.2. The molecule has 2 aliphatic rings. The minimum Gasteiger partial charge on any atom is -0.466 e. The molecule has 2 aromatic rings. The number of ether oxygens (including phenoxy) is 1. The predicted molar refractivity (Wildman–Crippen MR) is 125 cm³/mol. The molecule has 0 aromatic heterocycles. The largest absolute Gasteiger partial charge is 0.466 e. The summed E-state index contributed by atoms with van der Waals surface area (Å²) in [4.78, 5) is 38.2. The Hall–Kier alpha value is -4.03. The maximum atomic E-state index is 13.2. The van der Waals surface area contributed by atoms with E-state index in [1.54, 1.807) is 4.90 Å². The molecular formula is C23H22N4O7S. The molecule has 11 nitrogen and oxygen atoms in total. The highest BCUT2D eigenvalue weighted by Crippen LogP contribution is 2.47. The van der Waals surface area contributed by atoms with E-state index >= 15 is 0 Å². The first kappa shape index (κ1) is 24.1. The van der Waals surface area contributed by atoms with Gasteiger partial charge in [-0.3, -0.25) is 19.8 Å². The Morgan fingerprint density at radius 3 is 2.29 bits per heavy atom. The van der Waals surface area contributed by atoms with Gasteiger partial charge in [-0.15, -0.1) is 0 Å². The SMILES string of the molecule is COC(=O)C1=C(N)N(c2ccc(S(N)(=O)=O)cc2)C2=C(C(=O)CCC2)[C@@H]1c1ccc([N+](=O)[O-])cc1. The summed E-state index contributed by atoms with van der Waals surface area (Å²) in [5, 5.41) is 16.3. The van der Waals surface area contributed by atoms with E-state index in [9.17, 15) is 28.1 Å². The number of hydrogen-bond donors (Lipinski definition) is 2. The third-order valence-corrected chi connectivity index (χ3v) is 6.99. The first-order valence-electron chi connectivity index (χ1n) is 10.6. The monoisotopic (exact) mass is 498 g/mol. The van der Waals surface area contributed by atoms with Crippen molar-refractivity contribution in [1.29, 1.82) is 0 Å². The van der Waals surface area contributed by atoms with E-state index in [2.05, 4.69) is 0 Å². The Labute approximate surface area is 200 Å². The molecule has 182 valence electrons. The fraction of sp³-hybridized carbons (Fsp3) is 0.217. The average molecular weight is 499 g/mol. The summed E-state index contributed by atoms with van der Waals surface area (Å²) in [5.74, 6) is -1.82. The highest BCUT2D eigenvalue weighted by molar-refractivity contribution is 7.89. The van der Waals surface area contributed by atoms with Crippen LogP contribution in [0.5, 0.6) is 0 Å². The number of sulfonamides is 1. The molecule has 12 heteroatoms. The number of carbonyl (C=O) groups excluding carboxylic acids is 2. The number of nitro groups is 1. The van der Waals surface area contributed by atoms with Crippen molar-refractivity contribution in [3.8, 4) is 0 Å². The number of non-ortho nitro benzene ring substituents is 1. The zero-order valence-electron chi connectivity index (χ0n) is 18.6. The molecule has 0 saturated heterocycles. The predicted octanol–water partition coefficient (Wildman–Crippen LogP) is 2.20. The molecule has 1 aliphatic heterocycles. The van der Waals surface area contributed by atoms with E-state index in [0.29, 0.717) is 35.4 Å². The molecule has 0 bridgehead atoms.